The number of nitrogens with one attached hydrogen (secondary N) is 1. The summed E-state index contributed by atoms with van der Waals surface area (Å²) in [5, 5.41) is 0. The van der Waals surface area contributed by atoms with Crippen molar-refractivity contribution in [2.24, 2.45) is 0 Å². The van der Waals surface area contributed by atoms with Crippen molar-refractivity contribution in [3.05, 3.63) is 82.2 Å². The van der Waals surface area contributed by atoms with E-state index in [4.69, 9.17) is 0 Å². The number of halogens is 7. The second kappa shape index (κ2) is 8.16. The van der Waals surface area contributed by atoms with E-state index in [0.29, 0.717) is 17.2 Å². The van der Waals surface area contributed by atoms with Gasteiger partial charge in [0.05, 0.1) is 0 Å². The summed E-state index contributed by atoms with van der Waals surface area (Å²) >= 11 is 0. The lowest BCUT2D eigenvalue weighted by atomic mass is 9.90. The summed E-state index contributed by atoms with van der Waals surface area (Å²) in [4.78, 5) is 22.4. The second-order valence-corrected chi connectivity index (χ2v) is 7.43. The average molecular weight is 472 g/mol. The van der Waals surface area contributed by atoms with Crippen LogP contribution in [0.5, 0.6) is 0 Å². The van der Waals surface area contributed by atoms with Crippen LogP contribution in [-0.2, 0) is 25.3 Å². The predicted octanol–water partition coefficient (Wildman–Crippen LogP) is 5.10. The number of pyridine rings is 1. The van der Waals surface area contributed by atoms with E-state index in [2.05, 4.69) is 9.97 Å². The third-order valence-electron chi connectivity index (χ3n) is 5.30. The number of fused-ring (bicyclic) bond motifs is 1. The third-order valence-corrected chi connectivity index (χ3v) is 5.30. The molecular formula is C21H15F7N4O. The quantitative estimate of drug-likeness (QED) is 0.540. The molecule has 33 heavy (non-hydrogen) atoms. The molecule has 5 nitrogen and oxygen atoms in total. The molecule has 1 aromatic carbocycles. The molecule has 3 aromatic rings. The number of H-pyrrole nitrogens is 1. The van der Waals surface area contributed by atoms with Gasteiger partial charge in [-0.1, -0.05) is 24.3 Å². The van der Waals surface area contributed by atoms with Crippen LogP contribution in [0.3, 0.4) is 0 Å². The number of aromatic amines is 1. The number of benzene rings is 1. The number of nitrogens with zero attached hydrogens (tertiary/aromatic N) is 3. The highest BCUT2D eigenvalue weighted by atomic mass is 19.4. The first-order chi connectivity index (χ1) is 15.4. The van der Waals surface area contributed by atoms with Crippen molar-refractivity contribution in [3.8, 4) is 0 Å². The number of alkyl halides is 7. The van der Waals surface area contributed by atoms with Gasteiger partial charge in [0.2, 0.25) is 5.82 Å². The number of hydrogen-bond donors (Lipinski definition) is 1. The number of carbonyl (C=O) groups is 1. The van der Waals surface area contributed by atoms with Gasteiger partial charge in [0, 0.05) is 31.0 Å². The fraction of sp³-hybridized carbons (Fsp3) is 0.286. The van der Waals surface area contributed by atoms with Gasteiger partial charge < -0.3 is 9.88 Å². The van der Waals surface area contributed by atoms with Gasteiger partial charge in [-0.2, -0.15) is 26.3 Å². The third kappa shape index (κ3) is 4.55. The molecule has 2 aromatic heterocycles. The molecule has 12 heteroatoms. The summed E-state index contributed by atoms with van der Waals surface area (Å²) in [6.07, 6.45) is -9.17. The molecule has 1 aliphatic heterocycles. The zero-order valence-electron chi connectivity index (χ0n) is 16.6. The minimum atomic E-state index is -4.72. The van der Waals surface area contributed by atoms with Crippen LogP contribution < -0.4 is 0 Å². The molecule has 1 atom stereocenters. The minimum Gasteiger partial charge on any atom is -0.340 e. The van der Waals surface area contributed by atoms with Crippen molar-refractivity contribution in [1.29, 1.82) is 0 Å². The number of carbonyl (C=O) groups excluding carboxylic acids is 1. The predicted molar refractivity (Wildman–Crippen MR) is 101 cm³/mol. The topological polar surface area (TPSA) is 61.9 Å². The largest absolute Gasteiger partial charge is 0.449 e. The lowest BCUT2D eigenvalue weighted by Crippen LogP contribution is -2.36. The van der Waals surface area contributed by atoms with Crippen LogP contribution in [-0.4, -0.2) is 32.3 Å². The molecular weight excluding hydrogens is 457 g/mol. The summed E-state index contributed by atoms with van der Waals surface area (Å²) in [6.45, 7) is 0.128. The molecule has 1 N–H and O–H groups in total. The van der Waals surface area contributed by atoms with E-state index in [1.165, 1.54) is 11.0 Å². The summed E-state index contributed by atoms with van der Waals surface area (Å²) in [6, 6.07) is 6.43. The Morgan fingerprint density at radius 3 is 2.42 bits per heavy atom. The molecule has 0 fully saturated rings. The maximum absolute atomic E-state index is 15.2. The molecule has 0 saturated heterocycles. The Kier molecular flexibility index (Phi) is 5.62. The number of aromatic nitrogens is 3. The number of amides is 1. The summed E-state index contributed by atoms with van der Waals surface area (Å²) < 4.78 is 91.5. The van der Waals surface area contributed by atoms with Gasteiger partial charge in [-0.3, -0.25) is 9.78 Å². The Bertz CT molecular complexity index is 1170. The fourth-order valence-electron chi connectivity index (χ4n) is 3.69. The van der Waals surface area contributed by atoms with Gasteiger partial charge >= 0.3 is 12.4 Å². The van der Waals surface area contributed by atoms with Crippen molar-refractivity contribution in [3.63, 3.8) is 0 Å². The van der Waals surface area contributed by atoms with Crippen LogP contribution >= 0.6 is 0 Å². The van der Waals surface area contributed by atoms with E-state index < -0.39 is 35.9 Å². The van der Waals surface area contributed by atoms with Crippen LogP contribution in [0.15, 0.2) is 42.7 Å². The number of rotatable bonds is 3. The fourth-order valence-corrected chi connectivity index (χ4v) is 3.69. The van der Waals surface area contributed by atoms with Crippen LogP contribution in [0.4, 0.5) is 30.7 Å². The highest BCUT2D eigenvalue weighted by Crippen LogP contribution is 2.35. The van der Waals surface area contributed by atoms with E-state index >= 15 is 4.39 Å². The van der Waals surface area contributed by atoms with Crippen molar-refractivity contribution >= 4 is 5.91 Å². The molecule has 1 unspecified atom stereocenters. The number of imidazole rings is 1. The molecule has 1 aliphatic rings. The van der Waals surface area contributed by atoms with Crippen molar-refractivity contribution < 1.29 is 35.5 Å². The zero-order chi connectivity index (χ0) is 24.0. The monoisotopic (exact) mass is 472 g/mol. The SMILES string of the molecule is O=C(c1c[nH]c(C(F)(F)F)n1)N1CCc2c(cccc2C(F)c2ccc(C(F)(F)F)nc2)C1. The van der Waals surface area contributed by atoms with Crippen molar-refractivity contribution in [1.82, 2.24) is 19.9 Å². The van der Waals surface area contributed by atoms with Crippen LogP contribution in [0.1, 0.15) is 50.4 Å². The van der Waals surface area contributed by atoms with Crippen molar-refractivity contribution in [2.75, 3.05) is 6.54 Å². The highest BCUT2D eigenvalue weighted by Gasteiger charge is 2.36. The van der Waals surface area contributed by atoms with E-state index in [1.54, 1.807) is 12.1 Å². The van der Waals surface area contributed by atoms with Crippen LogP contribution in [0, 0.1) is 0 Å². The Balaban J connectivity index is 1.54. The van der Waals surface area contributed by atoms with Crippen LogP contribution in [0.25, 0.3) is 0 Å². The Labute approximate surface area is 182 Å². The lowest BCUT2D eigenvalue weighted by Gasteiger charge is -2.30. The van der Waals surface area contributed by atoms with Gasteiger partial charge in [0.15, 0.2) is 6.17 Å². The molecule has 0 aliphatic carbocycles. The smallest absolute Gasteiger partial charge is 0.340 e. The molecule has 3 heterocycles. The maximum atomic E-state index is 15.2. The Morgan fingerprint density at radius 2 is 1.82 bits per heavy atom. The Hall–Kier alpha value is -3.44. The highest BCUT2D eigenvalue weighted by molar-refractivity contribution is 5.92. The first-order valence-corrected chi connectivity index (χ1v) is 9.65. The molecule has 0 radical (unpaired) electrons. The van der Waals surface area contributed by atoms with Crippen LogP contribution in [0.2, 0.25) is 0 Å². The standard InChI is InChI=1S/C21H15F7N4O/c22-17(11-4-5-16(29-8-11)20(23,24)25)14-3-1-2-12-10-32(7-6-13(12)14)18(33)15-9-30-19(31-15)21(26,27)28/h1-5,8-9,17H,6-7,10H2,(H,30,31). The summed E-state index contributed by atoms with van der Waals surface area (Å²) in [5.74, 6) is -1.99. The van der Waals surface area contributed by atoms with Gasteiger partial charge in [-0.15, -0.1) is 0 Å². The summed E-state index contributed by atoms with van der Waals surface area (Å²) in [5.41, 5.74) is -0.157. The van der Waals surface area contributed by atoms with Gasteiger partial charge in [-0.05, 0) is 29.2 Å². The first kappa shape index (κ1) is 22.7. The van der Waals surface area contributed by atoms with E-state index in [-0.39, 0.29) is 36.3 Å². The lowest BCUT2D eigenvalue weighted by molar-refractivity contribution is -0.144. The Morgan fingerprint density at radius 1 is 1.06 bits per heavy atom. The zero-order valence-corrected chi connectivity index (χ0v) is 16.6. The van der Waals surface area contributed by atoms with Crippen molar-refractivity contribution in [2.45, 2.75) is 31.5 Å². The average Bonchev–Trinajstić information content (AvgIpc) is 3.28. The first-order valence-electron chi connectivity index (χ1n) is 9.65. The summed E-state index contributed by atoms with van der Waals surface area (Å²) in [7, 11) is 0. The van der Waals surface area contributed by atoms with E-state index in [9.17, 15) is 31.1 Å². The molecule has 0 saturated carbocycles. The maximum Gasteiger partial charge on any atom is 0.449 e. The molecule has 0 bridgehead atoms. The number of hydrogen-bond acceptors (Lipinski definition) is 3. The van der Waals surface area contributed by atoms with Gasteiger partial charge in [0.25, 0.3) is 5.91 Å². The molecule has 1 amide bonds. The minimum absolute atomic E-state index is 0.0220. The van der Waals surface area contributed by atoms with E-state index in [0.717, 1.165) is 18.5 Å². The normalized spacial score (nSPS) is 15.3. The van der Waals surface area contributed by atoms with Gasteiger partial charge in [-0.25, -0.2) is 9.37 Å². The van der Waals surface area contributed by atoms with Gasteiger partial charge in [0.1, 0.15) is 11.4 Å². The second-order valence-electron chi connectivity index (χ2n) is 7.43. The van der Waals surface area contributed by atoms with E-state index in [1.807, 2.05) is 4.98 Å². The molecule has 0 spiro atoms. The molecule has 4 rings (SSSR count). The molecule has 174 valence electrons.